The van der Waals surface area contributed by atoms with Crippen LogP contribution in [0.4, 0.5) is 5.69 Å². The first-order chi connectivity index (χ1) is 12.5. The van der Waals surface area contributed by atoms with E-state index in [4.69, 9.17) is 6.42 Å². The van der Waals surface area contributed by atoms with Gasteiger partial charge >= 0.3 is 10.2 Å². The Bertz CT molecular complexity index is 1130. The summed E-state index contributed by atoms with van der Waals surface area (Å²) in [7, 11) is -2.10. The fourth-order valence-electron chi connectivity index (χ4n) is 3.36. The van der Waals surface area contributed by atoms with Crippen molar-refractivity contribution in [1.82, 2.24) is 9.29 Å². The van der Waals surface area contributed by atoms with Gasteiger partial charge in [-0.05, 0) is 17.2 Å². The molecule has 0 saturated heterocycles. The fourth-order valence-corrected chi connectivity index (χ4v) is 4.49. The predicted molar refractivity (Wildman–Crippen MR) is 103 cm³/mol. The molecule has 130 valence electrons. The first-order valence-corrected chi connectivity index (χ1v) is 9.61. The maximum atomic E-state index is 12.7. The summed E-state index contributed by atoms with van der Waals surface area (Å²) in [6.07, 6.45) is 7.58. The van der Waals surface area contributed by atoms with Crippen LogP contribution in [0.1, 0.15) is 22.7 Å². The average Bonchev–Trinajstić information content (AvgIpc) is 2.64. The maximum Gasteiger partial charge on any atom is 0.302 e. The van der Waals surface area contributed by atoms with Crippen molar-refractivity contribution in [3.8, 4) is 12.3 Å². The Morgan fingerprint density at radius 3 is 2.69 bits per heavy atom. The number of anilines is 1. The second-order valence-corrected chi connectivity index (χ2v) is 7.98. The number of hydrogen-bond acceptors (Lipinski definition) is 3. The Labute approximate surface area is 152 Å². The van der Waals surface area contributed by atoms with Gasteiger partial charge in [-0.1, -0.05) is 42.5 Å². The molecule has 3 aromatic rings. The van der Waals surface area contributed by atoms with Crippen LogP contribution in [-0.2, 0) is 16.6 Å². The lowest BCUT2D eigenvalue weighted by Gasteiger charge is -2.35. The van der Waals surface area contributed by atoms with E-state index in [2.05, 4.69) is 15.6 Å². The van der Waals surface area contributed by atoms with E-state index in [1.165, 1.54) is 4.31 Å². The zero-order chi connectivity index (χ0) is 18.3. The minimum absolute atomic E-state index is 0.428. The van der Waals surface area contributed by atoms with E-state index in [1.54, 1.807) is 13.2 Å². The predicted octanol–water partition coefficient (Wildman–Crippen LogP) is 3.10. The fraction of sp³-hybridized carbons (Fsp3) is 0.150. The highest BCUT2D eigenvalue weighted by molar-refractivity contribution is 7.90. The number of pyridine rings is 1. The molecule has 0 spiro atoms. The molecule has 0 bridgehead atoms. The molecular formula is C20H17N3O2S. The molecule has 0 saturated carbocycles. The van der Waals surface area contributed by atoms with Crippen LogP contribution in [0.15, 0.2) is 54.7 Å². The van der Waals surface area contributed by atoms with Gasteiger partial charge in [-0.2, -0.15) is 12.7 Å². The first kappa shape index (κ1) is 16.6. The Kier molecular flexibility index (Phi) is 3.91. The first-order valence-electron chi connectivity index (χ1n) is 8.17. The third-order valence-corrected chi connectivity index (χ3v) is 6.11. The van der Waals surface area contributed by atoms with Crippen LogP contribution in [-0.4, -0.2) is 24.8 Å². The molecule has 1 N–H and O–H groups in total. The number of nitrogens with zero attached hydrogens (tertiary/aromatic N) is 2. The summed E-state index contributed by atoms with van der Waals surface area (Å²) < 4.78 is 29.4. The van der Waals surface area contributed by atoms with Crippen LogP contribution in [0.25, 0.3) is 10.9 Å². The summed E-state index contributed by atoms with van der Waals surface area (Å²) >= 11 is 0. The SMILES string of the molecule is C#CCc1ccc(C2c3ccc4cccnc4c3NS(=O)(=O)N2C)cc1. The summed E-state index contributed by atoms with van der Waals surface area (Å²) in [4.78, 5) is 4.38. The zero-order valence-corrected chi connectivity index (χ0v) is 15.0. The van der Waals surface area contributed by atoms with Crippen molar-refractivity contribution >= 4 is 26.8 Å². The van der Waals surface area contributed by atoms with E-state index in [0.29, 0.717) is 17.6 Å². The van der Waals surface area contributed by atoms with Gasteiger partial charge in [0, 0.05) is 30.6 Å². The number of hydrogen-bond donors (Lipinski definition) is 1. The van der Waals surface area contributed by atoms with Crippen molar-refractivity contribution in [1.29, 1.82) is 0 Å². The minimum Gasteiger partial charge on any atom is -0.268 e. The van der Waals surface area contributed by atoms with Crippen LogP contribution >= 0.6 is 0 Å². The average molecular weight is 363 g/mol. The standard InChI is InChI=1S/C20H17N3O2S/c1-3-5-14-7-9-16(10-8-14)20-17-12-11-15-6-4-13-21-18(15)19(17)22-26(24,25)23(20)2/h1,4,6-13,20,22H,5H2,2H3. The van der Waals surface area contributed by atoms with Gasteiger partial charge in [-0.25, -0.2) is 0 Å². The number of fused-ring (bicyclic) bond motifs is 3. The lowest BCUT2D eigenvalue weighted by molar-refractivity contribution is 0.416. The third-order valence-electron chi connectivity index (χ3n) is 4.68. The second kappa shape index (κ2) is 6.13. The molecular weight excluding hydrogens is 346 g/mol. The molecule has 0 aliphatic carbocycles. The van der Waals surface area contributed by atoms with E-state index >= 15 is 0 Å². The molecule has 1 unspecified atom stereocenters. The van der Waals surface area contributed by atoms with Gasteiger partial charge in [0.15, 0.2) is 0 Å². The number of benzene rings is 2. The van der Waals surface area contributed by atoms with E-state index in [9.17, 15) is 8.42 Å². The smallest absolute Gasteiger partial charge is 0.268 e. The molecule has 0 radical (unpaired) electrons. The van der Waals surface area contributed by atoms with Crippen LogP contribution in [0, 0.1) is 12.3 Å². The van der Waals surface area contributed by atoms with Crippen LogP contribution in [0.2, 0.25) is 0 Å². The molecule has 6 heteroatoms. The molecule has 1 aromatic heterocycles. The van der Waals surface area contributed by atoms with Gasteiger partial charge in [0.2, 0.25) is 0 Å². The highest BCUT2D eigenvalue weighted by atomic mass is 32.2. The Hall–Kier alpha value is -2.88. The summed E-state index contributed by atoms with van der Waals surface area (Å²) in [5.74, 6) is 2.62. The molecule has 0 fully saturated rings. The van der Waals surface area contributed by atoms with Crippen molar-refractivity contribution in [3.05, 3.63) is 71.4 Å². The van der Waals surface area contributed by atoms with Crippen molar-refractivity contribution in [2.24, 2.45) is 0 Å². The van der Waals surface area contributed by atoms with Gasteiger partial charge in [-0.3, -0.25) is 9.71 Å². The molecule has 26 heavy (non-hydrogen) atoms. The Balaban J connectivity index is 1.92. The van der Waals surface area contributed by atoms with Crippen molar-refractivity contribution in [2.45, 2.75) is 12.5 Å². The van der Waals surface area contributed by atoms with Gasteiger partial charge in [0.25, 0.3) is 0 Å². The summed E-state index contributed by atoms with van der Waals surface area (Å²) in [6.45, 7) is 0. The lowest BCUT2D eigenvalue weighted by atomic mass is 9.94. The summed E-state index contributed by atoms with van der Waals surface area (Å²) in [5.41, 5.74) is 3.97. The number of aromatic nitrogens is 1. The van der Waals surface area contributed by atoms with Crippen LogP contribution in [0.5, 0.6) is 0 Å². The molecule has 2 heterocycles. The number of nitrogens with one attached hydrogen (secondary N) is 1. The van der Waals surface area contributed by atoms with Crippen molar-refractivity contribution < 1.29 is 8.42 Å². The molecule has 4 rings (SSSR count). The van der Waals surface area contributed by atoms with E-state index < -0.39 is 16.3 Å². The largest absolute Gasteiger partial charge is 0.302 e. The molecule has 1 aliphatic rings. The molecule has 1 atom stereocenters. The highest BCUT2D eigenvalue weighted by Gasteiger charge is 2.36. The zero-order valence-electron chi connectivity index (χ0n) is 14.2. The molecule has 5 nitrogen and oxygen atoms in total. The summed E-state index contributed by atoms with van der Waals surface area (Å²) in [6, 6.07) is 15.0. The Morgan fingerprint density at radius 1 is 1.19 bits per heavy atom. The maximum absolute atomic E-state index is 12.7. The second-order valence-electron chi connectivity index (χ2n) is 6.25. The van der Waals surface area contributed by atoms with Gasteiger partial charge in [0.05, 0.1) is 17.2 Å². The molecule has 1 aliphatic heterocycles. The highest BCUT2D eigenvalue weighted by Crippen LogP contribution is 2.41. The van der Waals surface area contributed by atoms with Gasteiger partial charge in [0.1, 0.15) is 0 Å². The molecule has 0 amide bonds. The number of rotatable bonds is 2. The van der Waals surface area contributed by atoms with Crippen molar-refractivity contribution in [3.63, 3.8) is 0 Å². The summed E-state index contributed by atoms with van der Waals surface area (Å²) in [5, 5.41) is 0.890. The van der Waals surface area contributed by atoms with E-state index in [1.807, 2.05) is 48.5 Å². The molecule has 2 aromatic carbocycles. The third kappa shape index (κ3) is 2.62. The van der Waals surface area contributed by atoms with E-state index in [0.717, 1.165) is 22.1 Å². The Morgan fingerprint density at radius 2 is 1.96 bits per heavy atom. The quantitative estimate of drug-likeness (QED) is 0.712. The van der Waals surface area contributed by atoms with Crippen molar-refractivity contribution in [2.75, 3.05) is 11.8 Å². The number of terminal acetylenes is 1. The van der Waals surface area contributed by atoms with Gasteiger partial charge < -0.3 is 0 Å². The van der Waals surface area contributed by atoms with Crippen LogP contribution in [0.3, 0.4) is 0 Å². The van der Waals surface area contributed by atoms with Gasteiger partial charge in [-0.15, -0.1) is 12.3 Å². The normalized spacial score (nSPS) is 18.7. The lowest BCUT2D eigenvalue weighted by Crippen LogP contribution is -2.40. The minimum atomic E-state index is -3.67. The van der Waals surface area contributed by atoms with E-state index in [-0.39, 0.29) is 0 Å². The topological polar surface area (TPSA) is 62.3 Å². The monoisotopic (exact) mass is 363 g/mol. The van der Waals surface area contributed by atoms with Crippen LogP contribution < -0.4 is 4.72 Å².